The normalized spacial score (nSPS) is 42.1. The van der Waals surface area contributed by atoms with Crippen molar-refractivity contribution in [3.63, 3.8) is 0 Å². The fraction of sp³-hybridized carbons (Fsp3) is 0.909. The van der Waals surface area contributed by atoms with Gasteiger partial charge in [-0.2, -0.15) is 0 Å². The summed E-state index contributed by atoms with van der Waals surface area (Å²) < 4.78 is 0. The molecule has 3 heteroatoms. The minimum absolute atomic E-state index is 0.179. The van der Waals surface area contributed by atoms with Crippen LogP contribution >= 0.6 is 11.6 Å². The van der Waals surface area contributed by atoms with E-state index in [9.17, 15) is 4.79 Å². The molecule has 1 N–H and O–H groups in total. The second-order valence-electron chi connectivity index (χ2n) is 4.64. The van der Waals surface area contributed by atoms with E-state index >= 15 is 0 Å². The highest BCUT2D eigenvalue weighted by molar-refractivity contribution is 6.28. The van der Waals surface area contributed by atoms with Crippen LogP contribution in [0.1, 0.15) is 32.6 Å². The number of hydrogen-bond donors (Lipinski definition) is 1. The largest absolute Gasteiger partial charge is 0.310 e. The highest BCUT2D eigenvalue weighted by atomic mass is 35.5. The van der Waals surface area contributed by atoms with Gasteiger partial charge >= 0.3 is 0 Å². The number of Topliss-reactive ketones (excluding diaryl/α,β-unsaturated/α-hetero) is 1. The van der Waals surface area contributed by atoms with E-state index in [4.69, 9.17) is 11.6 Å². The van der Waals surface area contributed by atoms with E-state index in [2.05, 4.69) is 12.2 Å². The van der Waals surface area contributed by atoms with E-state index in [-0.39, 0.29) is 17.6 Å². The summed E-state index contributed by atoms with van der Waals surface area (Å²) >= 11 is 5.65. The molecule has 0 aromatic carbocycles. The molecule has 4 atom stereocenters. The molecule has 2 nitrogen and oxygen atoms in total. The van der Waals surface area contributed by atoms with Crippen molar-refractivity contribution in [2.24, 2.45) is 11.8 Å². The zero-order valence-corrected chi connectivity index (χ0v) is 9.39. The molecule has 1 heterocycles. The van der Waals surface area contributed by atoms with Crippen molar-refractivity contribution in [3.8, 4) is 0 Å². The second-order valence-corrected chi connectivity index (χ2v) is 4.90. The zero-order chi connectivity index (χ0) is 10.1. The van der Waals surface area contributed by atoms with Gasteiger partial charge in [-0.25, -0.2) is 0 Å². The molecule has 0 bridgehead atoms. The van der Waals surface area contributed by atoms with Crippen LogP contribution in [0.3, 0.4) is 0 Å². The Hall–Kier alpha value is -0.0800. The first-order chi connectivity index (χ1) is 6.74. The summed E-state index contributed by atoms with van der Waals surface area (Å²) in [6.07, 6.45) is 5.03. The number of carbonyl (C=O) groups is 1. The van der Waals surface area contributed by atoms with Gasteiger partial charge in [0.2, 0.25) is 0 Å². The van der Waals surface area contributed by atoms with Crippen LogP contribution in [-0.2, 0) is 4.79 Å². The summed E-state index contributed by atoms with van der Waals surface area (Å²) in [4.78, 5) is 11.7. The topological polar surface area (TPSA) is 29.1 Å². The van der Waals surface area contributed by atoms with Crippen molar-refractivity contribution in [2.45, 2.75) is 44.7 Å². The van der Waals surface area contributed by atoms with Crippen LogP contribution in [0.4, 0.5) is 0 Å². The SMILES string of the molecule is CC1NC2CCCCC2C1C(=O)CCl. The van der Waals surface area contributed by atoms with Gasteiger partial charge in [0.1, 0.15) is 0 Å². The molecule has 1 aliphatic heterocycles. The number of fused-ring (bicyclic) bond motifs is 1. The van der Waals surface area contributed by atoms with Crippen molar-refractivity contribution in [2.75, 3.05) is 5.88 Å². The van der Waals surface area contributed by atoms with Gasteiger partial charge in [0.05, 0.1) is 5.88 Å². The van der Waals surface area contributed by atoms with Crippen LogP contribution in [0.5, 0.6) is 0 Å². The molecule has 80 valence electrons. The molecular weight excluding hydrogens is 198 g/mol. The van der Waals surface area contributed by atoms with Gasteiger partial charge in [-0.05, 0) is 25.7 Å². The minimum Gasteiger partial charge on any atom is -0.310 e. The Morgan fingerprint density at radius 2 is 2.14 bits per heavy atom. The number of ketones is 1. The third kappa shape index (κ3) is 1.70. The fourth-order valence-corrected chi connectivity index (χ4v) is 3.39. The molecule has 14 heavy (non-hydrogen) atoms. The lowest BCUT2D eigenvalue weighted by atomic mass is 9.77. The first-order valence-corrected chi connectivity index (χ1v) is 6.12. The van der Waals surface area contributed by atoms with Crippen molar-refractivity contribution in [1.29, 1.82) is 0 Å². The molecule has 0 spiro atoms. The Balaban J connectivity index is 2.11. The molecule has 0 aromatic heterocycles. The molecule has 2 aliphatic rings. The van der Waals surface area contributed by atoms with E-state index in [1.54, 1.807) is 0 Å². The van der Waals surface area contributed by atoms with Crippen LogP contribution in [0.2, 0.25) is 0 Å². The average Bonchev–Trinajstić information content (AvgIpc) is 2.53. The second kappa shape index (κ2) is 4.19. The molecule has 4 unspecified atom stereocenters. The summed E-state index contributed by atoms with van der Waals surface area (Å²) in [5.41, 5.74) is 0. The Kier molecular flexibility index (Phi) is 3.13. The van der Waals surface area contributed by atoms with Gasteiger partial charge in [0.25, 0.3) is 0 Å². The summed E-state index contributed by atoms with van der Waals surface area (Å²) in [6.45, 7) is 2.12. The predicted molar refractivity (Wildman–Crippen MR) is 57.6 cm³/mol. The summed E-state index contributed by atoms with van der Waals surface area (Å²) in [6, 6.07) is 0.908. The maximum atomic E-state index is 11.7. The summed E-state index contributed by atoms with van der Waals surface area (Å²) in [7, 11) is 0. The van der Waals surface area contributed by atoms with E-state index in [0.717, 1.165) is 0 Å². The Labute approximate surface area is 90.4 Å². The van der Waals surface area contributed by atoms with E-state index < -0.39 is 0 Å². The monoisotopic (exact) mass is 215 g/mol. The average molecular weight is 216 g/mol. The van der Waals surface area contributed by atoms with Crippen molar-refractivity contribution < 1.29 is 4.79 Å². The third-order valence-corrected chi connectivity index (χ3v) is 4.06. The number of hydrogen-bond acceptors (Lipinski definition) is 2. The lowest BCUT2D eigenvalue weighted by molar-refractivity contribution is -0.122. The first-order valence-electron chi connectivity index (χ1n) is 5.58. The quantitative estimate of drug-likeness (QED) is 0.714. The van der Waals surface area contributed by atoms with Crippen LogP contribution in [-0.4, -0.2) is 23.7 Å². The van der Waals surface area contributed by atoms with Gasteiger partial charge in [-0.15, -0.1) is 11.6 Å². The number of carbonyl (C=O) groups excluding carboxylic acids is 1. The molecule has 2 fully saturated rings. The Morgan fingerprint density at radius 1 is 1.43 bits per heavy atom. The van der Waals surface area contributed by atoms with E-state index in [1.165, 1.54) is 25.7 Å². The highest BCUT2D eigenvalue weighted by Gasteiger charge is 2.44. The molecule has 0 amide bonds. The molecule has 1 saturated heterocycles. The summed E-state index contributed by atoms with van der Waals surface area (Å²) in [5, 5.41) is 3.54. The molecule has 0 radical (unpaired) electrons. The number of nitrogens with one attached hydrogen (secondary N) is 1. The Bertz CT molecular complexity index is 231. The highest BCUT2D eigenvalue weighted by Crippen LogP contribution is 2.38. The van der Waals surface area contributed by atoms with Gasteiger partial charge in [0, 0.05) is 18.0 Å². The van der Waals surface area contributed by atoms with Crippen molar-refractivity contribution >= 4 is 17.4 Å². The summed E-state index contributed by atoms with van der Waals surface area (Å²) in [5.74, 6) is 1.16. The Morgan fingerprint density at radius 3 is 2.86 bits per heavy atom. The number of alkyl halides is 1. The van der Waals surface area contributed by atoms with Crippen LogP contribution in [0.15, 0.2) is 0 Å². The van der Waals surface area contributed by atoms with Crippen LogP contribution in [0.25, 0.3) is 0 Å². The fourth-order valence-electron chi connectivity index (χ4n) is 3.22. The zero-order valence-electron chi connectivity index (χ0n) is 8.63. The van der Waals surface area contributed by atoms with Crippen LogP contribution in [0, 0.1) is 11.8 Å². The molecule has 1 saturated carbocycles. The predicted octanol–water partition coefficient (Wildman–Crippen LogP) is 1.96. The number of halogens is 1. The van der Waals surface area contributed by atoms with E-state index in [0.29, 0.717) is 18.0 Å². The molecule has 0 aromatic rings. The lowest BCUT2D eigenvalue weighted by Crippen LogP contribution is -2.31. The minimum atomic E-state index is 0.179. The van der Waals surface area contributed by atoms with Gasteiger partial charge < -0.3 is 5.32 Å². The van der Waals surface area contributed by atoms with Crippen molar-refractivity contribution in [1.82, 2.24) is 5.32 Å². The van der Waals surface area contributed by atoms with Gasteiger partial charge in [-0.3, -0.25) is 4.79 Å². The third-order valence-electron chi connectivity index (χ3n) is 3.80. The molecule has 2 rings (SSSR count). The smallest absolute Gasteiger partial charge is 0.152 e. The van der Waals surface area contributed by atoms with E-state index in [1.807, 2.05) is 0 Å². The lowest BCUT2D eigenvalue weighted by Gasteiger charge is -2.27. The maximum Gasteiger partial charge on any atom is 0.152 e. The number of rotatable bonds is 2. The van der Waals surface area contributed by atoms with Gasteiger partial charge in [-0.1, -0.05) is 12.8 Å². The van der Waals surface area contributed by atoms with Gasteiger partial charge in [0.15, 0.2) is 5.78 Å². The standard InChI is InChI=1S/C11H18ClNO/c1-7-11(10(14)6-12)8-4-2-3-5-9(8)13-7/h7-9,11,13H,2-6H2,1H3. The van der Waals surface area contributed by atoms with Crippen LogP contribution < -0.4 is 5.32 Å². The first kappa shape index (κ1) is 10.4. The maximum absolute atomic E-state index is 11.7. The molecular formula is C11H18ClNO. The van der Waals surface area contributed by atoms with Crippen molar-refractivity contribution in [3.05, 3.63) is 0 Å². The molecule has 1 aliphatic carbocycles.